The minimum atomic E-state index is 0. The van der Waals surface area contributed by atoms with Gasteiger partial charge in [0.05, 0.1) is 12.6 Å². The quantitative estimate of drug-likeness (QED) is 0.412. The highest BCUT2D eigenvalue weighted by atomic mass is 127. The summed E-state index contributed by atoms with van der Waals surface area (Å²) >= 11 is 6.05. The van der Waals surface area contributed by atoms with Crippen LogP contribution < -0.4 is 16.6 Å². The van der Waals surface area contributed by atoms with Gasteiger partial charge in [0, 0.05) is 5.02 Å². The summed E-state index contributed by atoms with van der Waals surface area (Å²) in [4.78, 5) is 4.16. The van der Waals surface area contributed by atoms with Gasteiger partial charge in [0.1, 0.15) is 0 Å². The van der Waals surface area contributed by atoms with Crippen LogP contribution in [0.5, 0.6) is 0 Å². The molecule has 0 aromatic heterocycles. The summed E-state index contributed by atoms with van der Waals surface area (Å²) in [5.74, 6) is 5.84. The van der Waals surface area contributed by atoms with Gasteiger partial charge in [0.25, 0.3) is 0 Å². The van der Waals surface area contributed by atoms with Crippen molar-refractivity contribution in [2.45, 2.75) is 6.04 Å². The average Bonchev–Trinajstić information content (AvgIpc) is 2.67. The maximum absolute atomic E-state index is 6.05. The first-order chi connectivity index (χ1) is 6.81. The van der Waals surface area contributed by atoms with Crippen LogP contribution in [0.2, 0.25) is 5.02 Å². The fraction of sp³-hybridized carbons (Fsp3) is 0.222. The number of guanidine groups is 1. The molecule has 0 amide bonds. The van der Waals surface area contributed by atoms with Crippen molar-refractivity contribution in [1.29, 1.82) is 0 Å². The van der Waals surface area contributed by atoms with Crippen LogP contribution in [-0.4, -0.2) is 12.5 Å². The van der Waals surface area contributed by atoms with Crippen LogP contribution in [0.15, 0.2) is 29.3 Å². The lowest BCUT2D eigenvalue weighted by Crippen LogP contribution is -2.39. The van der Waals surface area contributed by atoms with Crippen LogP contribution in [0.1, 0.15) is 11.6 Å². The van der Waals surface area contributed by atoms with E-state index in [0.29, 0.717) is 12.5 Å². The molecule has 6 heteroatoms. The van der Waals surface area contributed by atoms with Gasteiger partial charge in [-0.2, -0.15) is 0 Å². The van der Waals surface area contributed by atoms with Gasteiger partial charge in [-0.05, 0) is 11.6 Å². The third kappa shape index (κ3) is 2.73. The molecule has 1 atom stereocenters. The molecule has 0 spiro atoms. The smallest absolute Gasteiger partial charge is 0.206 e. The van der Waals surface area contributed by atoms with Crippen molar-refractivity contribution >= 4 is 41.5 Å². The van der Waals surface area contributed by atoms with Gasteiger partial charge in [-0.3, -0.25) is 5.43 Å². The summed E-state index contributed by atoms with van der Waals surface area (Å²) < 4.78 is 0. The summed E-state index contributed by atoms with van der Waals surface area (Å²) in [7, 11) is 0. The normalized spacial score (nSPS) is 18.8. The lowest BCUT2D eigenvalue weighted by Gasteiger charge is -2.12. The van der Waals surface area contributed by atoms with E-state index in [1.54, 1.807) is 0 Å². The van der Waals surface area contributed by atoms with Crippen LogP contribution in [0.4, 0.5) is 0 Å². The second-order valence-corrected chi connectivity index (χ2v) is 3.46. The molecule has 82 valence electrons. The highest BCUT2D eigenvalue weighted by Crippen LogP contribution is 2.24. The number of benzene rings is 1. The minimum absolute atomic E-state index is 0. The SMILES string of the molecule is I.NNC1=NCC(c2ccccc2Cl)N1. The van der Waals surface area contributed by atoms with Gasteiger partial charge in [-0.1, -0.05) is 29.8 Å². The number of hydrazine groups is 1. The zero-order valence-electron chi connectivity index (χ0n) is 7.90. The monoisotopic (exact) mass is 338 g/mol. The van der Waals surface area contributed by atoms with E-state index >= 15 is 0 Å². The number of hydrogen-bond donors (Lipinski definition) is 3. The Balaban J connectivity index is 0.00000112. The zero-order valence-corrected chi connectivity index (χ0v) is 11.0. The van der Waals surface area contributed by atoms with Gasteiger partial charge < -0.3 is 5.32 Å². The van der Waals surface area contributed by atoms with Crippen LogP contribution >= 0.6 is 35.6 Å². The molecule has 2 rings (SSSR count). The van der Waals surface area contributed by atoms with Crippen LogP contribution in [-0.2, 0) is 0 Å². The first-order valence-electron chi connectivity index (χ1n) is 4.33. The van der Waals surface area contributed by atoms with Crippen molar-refractivity contribution in [3.63, 3.8) is 0 Å². The summed E-state index contributed by atoms with van der Waals surface area (Å²) in [5.41, 5.74) is 3.52. The number of nitrogens with two attached hydrogens (primary N) is 1. The number of rotatable bonds is 1. The average molecular weight is 339 g/mol. The molecule has 0 fully saturated rings. The van der Waals surface area contributed by atoms with E-state index in [2.05, 4.69) is 15.7 Å². The Kier molecular flexibility index (Phi) is 4.62. The van der Waals surface area contributed by atoms with Crippen LogP contribution in [0, 0.1) is 0 Å². The van der Waals surface area contributed by atoms with E-state index in [0.717, 1.165) is 10.6 Å². The predicted molar refractivity (Wildman–Crippen MR) is 72.4 cm³/mol. The molecule has 15 heavy (non-hydrogen) atoms. The van der Waals surface area contributed by atoms with Crippen LogP contribution in [0.3, 0.4) is 0 Å². The second kappa shape index (κ2) is 5.53. The molecule has 1 aromatic rings. The number of aliphatic imine (C=N–C) groups is 1. The van der Waals surface area contributed by atoms with Gasteiger partial charge in [0.15, 0.2) is 0 Å². The fourth-order valence-electron chi connectivity index (χ4n) is 1.46. The molecule has 1 aliphatic heterocycles. The van der Waals surface area contributed by atoms with E-state index < -0.39 is 0 Å². The highest BCUT2D eigenvalue weighted by Gasteiger charge is 2.19. The molecule has 0 aliphatic carbocycles. The number of nitrogens with zero attached hydrogens (tertiary/aromatic N) is 1. The number of nitrogens with one attached hydrogen (secondary N) is 2. The topological polar surface area (TPSA) is 62.4 Å². The standard InChI is InChI=1S/C9H11ClN4.HI/c10-7-4-2-1-3-6(7)8-5-12-9(13-8)14-11;/h1-4,8H,5,11H2,(H2,12,13,14);1H. The zero-order chi connectivity index (χ0) is 9.97. The molecule has 1 aromatic carbocycles. The third-order valence-electron chi connectivity index (χ3n) is 2.16. The molecular formula is C9H12ClIN4. The van der Waals surface area contributed by atoms with Gasteiger partial charge >= 0.3 is 0 Å². The first-order valence-corrected chi connectivity index (χ1v) is 4.71. The Morgan fingerprint density at radius 1 is 1.47 bits per heavy atom. The van der Waals surface area contributed by atoms with Gasteiger partial charge in [-0.15, -0.1) is 24.0 Å². The molecule has 4 nitrogen and oxygen atoms in total. The third-order valence-corrected chi connectivity index (χ3v) is 2.50. The van der Waals surface area contributed by atoms with E-state index in [9.17, 15) is 0 Å². The van der Waals surface area contributed by atoms with Crippen LogP contribution in [0.25, 0.3) is 0 Å². The largest absolute Gasteiger partial charge is 0.347 e. The molecule has 1 heterocycles. The lowest BCUT2D eigenvalue weighted by atomic mass is 10.1. The lowest BCUT2D eigenvalue weighted by molar-refractivity contribution is 0.701. The van der Waals surface area contributed by atoms with Crippen molar-refractivity contribution in [3.05, 3.63) is 34.9 Å². The van der Waals surface area contributed by atoms with Crippen molar-refractivity contribution in [2.24, 2.45) is 10.8 Å². The Bertz CT molecular complexity index is 369. The van der Waals surface area contributed by atoms with Crippen molar-refractivity contribution in [1.82, 2.24) is 10.7 Å². The molecule has 0 radical (unpaired) electrons. The van der Waals surface area contributed by atoms with E-state index in [1.807, 2.05) is 24.3 Å². The van der Waals surface area contributed by atoms with E-state index in [-0.39, 0.29) is 30.0 Å². The molecule has 0 saturated carbocycles. The van der Waals surface area contributed by atoms with Crippen molar-refractivity contribution < 1.29 is 0 Å². The Labute approximate surface area is 110 Å². The summed E-state index contributed by atoms with van der Waals surface area (Å²) in [5, 5.41) is 3.88. The molecule has 4 N–H and O–H groups in total. The Hall–Kier alpha value is -0.530. The summed E-state index contributed by atoms with van der Waals surface area (Å²) in [6.07, 6.45) is 0. The second-order valence-electron chi connectivity index (χ2n) is 3.05. The highest BCUT2D eigenvalue weighted by molar-refractivity contribution is 14.0. The Morgan fingerprint density at radius 3 is 2.80 bits per heavy atom. The van der Waals surface area contributed by atoms with Crippen molar-refractivity contribution in [2.75, 3.05) is 6.54 Å². The summed E-state index contributed by atoms with van der Waals surface area (Å²) in [6.45, 7) is 0.656. The first kappa shape index (κ1) is 12.5. The minimum Gasteiger partial charge on any atom is -0.347 e. The number of hydrogen-bond acceptors (Lipinski definition) is 4. The number of halogens is 2. The van der Waals surface area contributed by atoms with Gasteiger partial charge in [-0.25, -0.2) is 10.8 Å². The van der Waals surface area contributed by atoms with E-state index in [4.69, 9.17) is 17.4 Å². The maximum atomic E-state index is 6.05. The fourth-order valence-corrected chi connectivity index (χ4v) is 1.73. The summed E-state index contributed by atoms with van der Waals surface area (Å²) in [6, 6.07) is 7.83. The molecular weight excluding hydrogens is 326 g/mol. The van der Waals surface area contributed by atoms with Gasteiger partial charge in [0.2, 0.25) is 5.96 Å². The Morgan fingerprint density at radius 2 is 2.20 bits per heavy atom. The predicted octanol–water partition coefficient (Wildman–Crippen LogP) is 1.42. The maximum Gasteiger partial charge on any atom is 0.206 e. The molecule has 1 aliphatic rings. The molecule has 1 unspecified atom stereocenters. The molecule has 0 bridgehead atoms. The van der Waals surface area contributed by atoms with Crippen molar-refractivity contribution in [3.8, 4) is 0 Å². The molecule has 0 saturated heterocycles. The van der Waals surface area contributed by atoms with E-state index in [1.165, 1.54) is 0 Å².